The zero-order valence-corrected chi connectivity index (χ0v) is 12.5. The maximum Gasteiger partial charge on any atom is 0.211 e. The lowest BCUT2D eigenvalue weighted by Crippen LogP contribution is -2.35. The Labute approximate surface area is 107 Å². The van der Waals surface area contributed by atoms with Crippen molar-refractivity contribution < 1.29 is 8.42 Å². The Balaban J connectivity index is 3.81. The minimum Gasteiger partial charge on any atom is -0.317 e. The first kappa shape index (κ1) is 16.9. The predicted molar refractivity (Wildman–Crippen MR) is 73.6 cm³/mol. The lowest BCUT2D eigenvalue weighted by molar-refractivity contribution is 0.350. The zero-order valence-electron chi connectivity index (χ0n) is 11.7. The molecular formula is C12H28N2O2S. The molecule has 0 unspecified atom stereocenters. The minimum absolute atomic E-state index is 0.0385. The van der Waals surface area contributed by atoms with Gasteiger partial charge in [-0.3, -0.25) is 0 Å². The Bertz CT molecular complexity index is 287. The van der Waals surface area contributed by atoms with Crippen LogP contribution in [0, 0.1) is 5.41 Å². The second kappa shape index (κ2) is 8.06. The van der Waals surface area contributed by atoms with E-state index in [9.17, 15) is 8.42 Å². The molecule has 0 spiro atoms. The maximum absolute atomic E-state index is 11.7. The van der Waals surface area contributed by atoms with E-state index >= 15 is 0 Å². The molecule has 0 aromatic carbocycles. The van der Waals surface area contributed by atoms with E-state index in [1.54, 1.807) is 0 Å². The monoisotopic (exact) mass is 264 g/mol. The van der Waals surface area contributed by atoms with Crippen LogP contribution < -0.4 is 10.0 Å². The molecule has 0 aromatic rings. The first-order valence-electron chi connectivity index (χ1n) is 6.51. The van der Waals surface area contributed by atoms with E-state index in [1.165, 1.54) is 0 Å². The van der Waals surface area contributed by atoms with Crippen LogP contribution in [-0.4, -0.2) is 33.8 Å². The van der Waals surface area contributed by atoms with Gasteiger partial charge >= 0.3 is 0 Å². The molecule has 0 aliphatic carbocycles. The van der Waals surface area contributed by atoms with Crippen molar-refractivity contribution >= 4 is 10.0 Å². The van der Waals surface area contributed by atoms with Crippen LogP contribution in [0.1, 0.15) is 47.0 Å². The number of unbranched alkanes of at least 4 members (excludes halogenated alkanes) is 1. The molecule has 0 fully saturated rings. The summed E-state index contributed by atoms with van der Waals surface area (Å²) < 4.78 is 26.1. The van der Waals surface area contributed by atoms with Gasteiger partial charge in [-0.15, -0.1) is 0 Å². The van der Waals surface area contributed by atoms with E-state index in [4.69, 9.17) is 0 Å². The molecule has 0 rings (SSSR count). The van der Waals surface area contributed by atoms with Crippen LogP contribution in [0.5, 0.6) is 0 Å². The first-order valence-corrected chi connectivity index (χ1v) is 8.16. The fraction of sp³-hybridized carbons (Fsp3) is 1.00. The second-order valence-corrected chi connectivity index (χ2v) is 7.14. The molecule has 0 heterocycles. The molecule has 0 bridgehead atoms. The Kier molecular flexibility index (Phi) is 8.00. The highest BCUT2D eigenvalue weighted by Gasteiger charge is 2.18. The number of nitrogens with one attached hydrogen (secondary N) is 2. The fourth-order valence-corrected chi connectivity index (χ4v) is 2.56. The summed E-state index contributed by atoms with van der Waals surface area (Å²) in [5.41, 5.74) is 0.0385. The minimum atomic E-state index is -3.09. The van der Waals surface area contributed by atoms with Crippen molar-refractivity contribution in [1.82, 2.24) is 10.0 Å². The van der Waals surface area contributed by atoms with E-state index < -0.39 is 10.0 Å². The van der Waals surface area contributed by atoms with Gasteiger partial charge in [0.05, 0.1) is 5.75 Å². The molecule has 0 aromatic heterocycles. The van der Waals surface area contributed by atoms with Gasteiger partial charge in [0, 0.05) is 6.54 Å². The van der Waals surface area contributed by atoms with Crippen LogP contribution in [0.2, 0.25) is 0 Å². The van der Waals surface area contributed by atoms with Gasteiger partial charge in [0.2, 0.25) is 10.0 Å². The largest absolute Gasteiger partial charge is 0.317 e. The molecule has 104 valence electrons. The van der Waals surface area contributed by atoms with Crippen molar-refractivity contribution in [2.75, 3.05) is 25.4 Å². The van der Waals surface area contributed by atoms with Crippen LogP contribution in [0.15, 0.2) is 0 Å². The summed E-state index contributed by atoms with van der Waals surface area (Å²) in [6, 6.07) is 0. The number of sulfonamides is 1. The highest BCUT2D eigenvalue weighted by Crippen LogP contribution is 2.18. The van der Waals surface area contributed by atoms with Crippen molar-refractivity contribution in [3.63, 3.8) is 0 Å². The smallest absolute Gasteiger partial charge is 0.211 e. The lowest BCUT2D eigenvalue weighted by Gasteiger charge is -2.22. The Morgan fingerprint density at radius 2 is 1.76 bits per heavy atom. The van der Waals surface area contributed by atoms with Crippen molar-refractivity contribution in [3.05, 3.63) is 0 Å². The predicted octanol–water partition coefficient (Wildman–Crippen LogP) is 1.73. The summed E-state index contributed by atoms with van der Waals surface area (Å²) in [5.74, 6) is 0.234. The van der Waals surface area contributed by atoms with E-state index in [0.29, 0.717) is 6.54 Å². The van der Waals surface area contributed by atoms with E-state index in [2.05, 4.69) is 30.8 Å². The zero-order chi connectivity index (χ0) is 13.4. The van der Waals surface area contributed by atoms with Crippen LogP contribution in [0.3, 0.4) is 0 Å². The standard InChI is InChI=1S/C12H28N2O2S/c1-5-12(3,4)11-14-17(15,16)10-8-7-9-13-6-2/h13-14H,5-11H2,1-4H3. The molecule has 0 saturated heterocycles. The molecule has 0 aliphatic heterocycles. The van der Waals surface area contributed by atoms with Crippen LogP contribution >= 0.6 is 0 Å². The molecule has 2 N–H and O–H groups in total. The van der Waals surface area contributed by atoms with Gasteiger partial charge in [0.15, 0.2) is 0 Å². The van der Waals surface area contributed by atoms with Gasteiger partial charge < -0.3 is 5.32 Å². The third kappa shape index (κ3) is 9.56. The topological polar surface area (TPSA) is 58.2 Å². The van der Waals surface area contributed by atoms with Gasteiger partial charge in [0.25, 0.3) is 0 Å². The van der Waals surface area contributed by atoms with E-state index in [-0.39, 0.29) is 11.2 Å². The molecule has 5 heteroatoms. The van der Waals surface area contributed by atoms with Crippen LogP contribution in [0.4, 0.5) is 0 Å². The molecule has 0 atom stereocenters. The van der Waals surface area contributed by atoms with E-state index in [0.717, 1.165) is 32.4 Å². The second-order valence-electron chi connectivity index (χ2n) is 5.22. The molecule has 0 saturated carbocycles. The molecule has 0 aliphatic rings. The average Bonchev–Trinajstić information content (AvgIpc) is 2.27. The summed E-state index contributed by atoms with van der Waals surface area (Å²) in [4.78, 5) is 0. The van der Waals surface area contributed by atoms with Crippen LogP contribution in [0.25, 0.3) is 0 Å². The van der Waals surface area contributed by atoms with Crippen molar-refractivity contribution in [2.24, 2.45) is 5.41 Å². The third-order valence-corrected chi connectivity index (χ3v) is 4.40. The average molecular weight is 264 g/mol. The molecule has 4 nitrogen and oxygen atoms in total. The third-order valence-electron chi connectivity index (χ3n) is 2.99. The molecular weight excluding hydrogens is 236 g/mol. The van der Waals surface area contributed by atoms with Crippen LogP contribution in [-0.2, 0) is 10.0 Å². The van der Waals surface area contributed by atoms with Gasteiger partial charge in [0.1, 0.15) is 0 Å². The Hall–Kier alpha value is -0.130. The van der Waals surface area contributed by atoms with Gasteiger partial charge in [-0.25, -0.2) is 13.1 Å². The Morgan fingerprint density at radius 3 is 2.29 bits per heavy atom. The number of hydrogen-bond acceptors (Lipinski definition) is 3. The highest BCUT2D eigenvalue weighted by molar-refractivity contribution is 7.89. The highest BCUT2D eigenvalue weighted by atomic mass is 32.2. The maximum atomic E-state index is 11.7. The molecule has 0 amide bonds. The summed E-state index contributed by atoms with van der Waals surface area (Å²) in [7, 11) is -3.09. The summed E-state index contributed by atoms with van der Waals surface area (Å²) in [6.07, 6.45) is 2.59. The normalized spacial score (nSPS) is 12.9. The summed E-state index contributed by atoms with van der Waals surface area (Å²) in [5, 5.41) is 3.18. The quantitative estimate of drug-likeness (QED) is 0.591. The number of rotatable bonds is 10. The summed E-state index contributed by atoms with van der Waals surface area (Å²) in [6.45, 7) is 10.6. The molecule has 0 radical (unpaired) electrons. The van der Waals surface area contributed by atoms with Gasteiger partial charge in [-0.05, 0) is 37.8 Å². The Morgan fingerprint density at radius 1 is 1.12 bits per heavy atom. The van der Waals surface area contributed by atoms with Gasteiger partial charge in [-0.1, -0.05) is 27.7 Å². The van der Waals surface area contributed by atoms with E-state index in [1.807, 2.05) is 6.92 Å². The SMILES string of the molecule is CCNCCCCS(=O)(=O)NCC(C)(C)CC. The van der Waals surface area contributed by atoms with Crippen molar-refractivity contribution in [1.29, 1.82) is 0 Å². The van der Waals surface area contributed by atoms with Crippen molar-refractivity contribution in [2.45, 2.75) is 47.0 Å². The number of hydrogen-bond donors (Lipinski definition) is 2. The van der Waals surface area contributed by atoms with Gasteiger partial charge in [-0.2, -0.15) is 0 Å². The fourth-order valence-electron chi connectivity index (χ4n) is 1.22. The lowest BCUT2D eigenvalue weighted by atomic mass is 9.91. The molecule has 17 heavy (non-hydrogen) atoms. The first-order chi connectivity index (χ1) is 7.83. The summed E-state index contributed by atoms with van der Waals surface area (Å²) >= 11 is 0. The van der Waals surface area contributed by atoms with Crippen molar-refractivity contribution in [3.8, 4) is 0 Å².